The fraction of sp³-hybridized carbons (Fsp3) is 0.333. The number of nitrogens with one attached hydrogen (secondary N) is 1. The number of hydrogen-bond acceptors (Lipinski definition) is 6. The maximum absolute atomic E-state index is 12.9. The Bertz CT molecular complexity index is 1150. The van der Waals surface area contributed by atoms with E-state index < -0.39 is 15.9 Å². The van der Waals surface area contributed by atoms with Gasteiger partial charge in [0, 0.05) is 13.1 Å². The summed E-state index contributed by atoms with van der Waals surface area (Å²) in [6.07, 6.45) is 1.29. The molecule has 2 aromatic carbocycles. The third-order valence-electron chi connectivity index (χ3n) is 5.04. The molecule has 4 rings (SSSR count). The van der Waals surface area contributed by atoms with Gasteiger partial charge in [0.15, 0.2) is 5.13 Å². The normalized spacial score (nSPS) is 17.7. The van der Waals surface area contributed by atoms with Crippen LogP contribution in [0.5, 0.6) is 5.75 Å². The summed E-state index contributed by atoms with van der Waals surface area (Å²) in [5.41, 5.74) is 0.788. The van der Waals surface area contributed by atoms with Gasteiger partial charge >= 0.3 is 0 Å². The molecule has 30 heavy (non-hydrogen) atoms. The summed E-state index contributed by atoms with van der Waals surface area (Å²) in [6, 6.07) is 14.0. The summed E-state index contributed by atoms with van der Waals surface area (Å²) in [7, 11) is -3.61. The predicted octanol–water partition coefficient (Wildman–Crippen LogP) is 3.73. The smallest absolute Gasteiger partial charge is 0.243 e. The van der Waals surface area contributed by atoms with E-state index in [1.807, 2.05) is 25.1 Å². The molecule has 1 saturated heterocycles. The summed E-state index contributed by atoms with van der Waals surface area (Å²) < 4.78 is 33.6. The van der Waals surface area contributed by atoms with Crippen molar-refractivity contribution in [2.45, 2.75) is 24.7 Å². The number of sulfonamides is 1. The number of aromatic nitrogens is 1. The fourth-order valence-electron chi connectivity index (χ4n) is 3.54. The first-order valence-corrected chi connectivity index (χ1v) is 12.1. The number of thiazole rings is 1. The molecular weight excluding hydrogens is 422 g/mol. The van der Waals surface area contributed by atoms with Gasteiger partial charge in [-0.3, -0.25) is 4.79 Å². The number of carbonyl (C=O) groups is 1. The molecule has 2 heterocycles. The van der Waals surface area contributed by atoms with Gasteiger partial charge in [0.2, 0.25) is 15.9 Å². The Hall–Kier alpha value is -2.49. The van der Waals surface area contributed by atoms with E-state index in [1.165, 1.54) is 15.6 Å². The van der Waals surface area contributed by atoms with Crippen molar-refractivity contribution in [3.63, 3.8) is 0 Å². The zero-order valence-corrected chi connectivity index (χ0v) is 18.2. The molecule has 1 aromatic heterocycles. The van der Waals surface area contributed by atoms with Crippen LogP contribution in [0.25, 0.3) is 10.2 Å². The van der Waals surface area contributed by atoms with Crippen LogP contribution in [0, 0.1) is 5.92 Å². The predicted molar refractivity (Wildman–Crippen MR) is 117 cm³/mol. The summed E-state index contributed by atoms with van der Waals surface area (Å²) >= 11 is 1.38. The van der Waals surface area contributed by atoms with Crippen molar-refractivity contribution in [2.24, 2.45) is 5.92 Å². The Kier molecular flexibility index (Phi) is 6.03. The lowest BCUT2D eigenvalue weighted by atomic mass is 9.99. The van der Waals surface area contributed by atoms with E-state index in [0.29, 0.717) is 31.1 Å². The van der Waals surface area contributed by atoms with Crippen LogP contribution in [0.4, 0.5) is 5.13 Å². The second-order valence-electron chi connectivity index (χ2n) is 7.09. The van der Waals surface area contributed by atoms with Gasteiger partial charge in [0.25, 0.3) is 0 Å². The second-order valence-corrected chi connectivity index (χ2v) is 10.1. The van der Waals surface area contributed by atoms with Gasteiger partial charge in [-0.1, -0.05) is 29.5 Å². The van der Waals surface area contributed by atoms with E-state index in [4.69, 9.17) is 4.74 Å². The molecule has 1 atom stereocenters. The molecule has 0 saturated carbocycles. The molecule has 1 aliphatic heterocycles. The van der Waals surface area contributed by atoms with Crippen molar-refractivity contribution in [2.75, 3.05) is 25.0 Å². The zero-order chi connectivity index (χ0) is 21.1. The van der Waals surface area contributed by atoms with Crippen molar-refractivity contribution in [1.82, 2.24) is 9.29 Å². The summed E-state index contributed by atoms with van der Waals surface area (Å²) in [6.45, 7) is 3.09. The van der Waals surface area contributed by atoms with E-state index >= 15 is 0 Å². The monoisotopic (exact) mass is 445 g/mol. The molecule has 7 nitrogen and oxygen atoms in total. The van der Waals surface area contributed by atoms with Crippen LogP contribution in [0.2, 0.25) is 0 Å². The van der Waals surface area contributed by atoms with Crippen molar-refractivity contribution < 1.29 is 17.9 Å². The Morgan fingerprint density at radius 2 is 2.07 bits per heavy atom. The maximum Gasteiger partial charge on any atom is 0.243 e. The van der Waals surface area contributed by atoms with Crippen LogP contribution in [0.1, 0.15) is 19.8 Å². The maximum atomic E-state index is 12.9. The zero-order valence-electron chi connectivity index (χ0n) is 16.6. The second kappa shape index (κ2) is 8.71. The largest absolute Gasteiger partial charge is 0.494 e. The highest BCUT2D eigenvalue weighted by Crippen LogP contribution is 2.30. The average molecular weight is 446 g/mol. The Morgan fingerprint density at radius 3 is 2.83 bits per heavy atom. The molecule has 3 aromatic rings. The highest BCUT2D eigenvalue weighted by atomic mass is 32.2. The van der Waals surface area contributed by atoms with Crippen LogP contribution in [-0.4, -0.2) is 43.3 Å². The highest BCUT2D eigenvalue weighted by molar-refractivity contribution is 7.89. The molecule has 1 N–H and O–H groups in total. The molecule has 1 aliphatic rings. The van der Waals surface area contributed by atoms with Gasteiger partial charge in [-0.2, -0.15) is 4.31 Å². The summed E-state index contributed by atoms with van der Waals surface area (Å²) in [4.78, 5) is 17.5. The first-order chi connectivity index (χ1) is 14.5. The van der Waals surface area contributed by atoms with Gasteiger partial charge in [-0.15, -0.1) is 0 Å². The molecule has 158 valence electrons. The number of ether oxygens (including phenoxy) is 1. The quantitative estimate of drug-likeness (QED) is 0.624. The third kappa shape index (κ3) is 4.33. The van der Waals surface area contributed by atoms with Crippen molar-refractivity contribution in [3.05, 3.63) is 48.5 Å². The molecule has 0 bridgehead atoms. The van der Waals surface area contributed by atoms with Crippen molar-refractivity contribution in [1.29, 1.82) is 0 Å². The SMILES string of the molecule is CCOc1ccc2nc(NC(=O)C3CCCN(S(=O)(=O)c4ccccc4)C3)sc2c1. The van der Waals surface area contributed by atoms with Crippen LogP contribution in [0.3, 0.4) is 0 Å². The number of carbonyl (C=O) groups excluding carboxylic acids is 1. The standard InChI is InChI=1S/C21H23N3O4S2/c1-2-28-16-10-11-18-19(13-16)29-21(22-18)23-20(25)15-7-6-12-24(14-15)30(26,27)17-8-4-3-5-9-17/h3-5,8-11,13,15H,2,6-7,12,14H2,1H3,(H,22,23,25). The molecule has 1 amide bonds. The van der Waals surface area contributed by atoms with Gasteiger partial charge in [0.05, 0.1) is 27.6 Å². The number of anilines is 1. The number of hydrogen-bond donors (Lipinski definition) is 1. The summed E-state index contributed by atoms with van der Waals surface area (Å²) in [5, 5.41) is 3.38. The third-order valence-corrected chi connectivity index (χ3v) is 7.85. The molecule has 1 fully saturated rings. The Labute approximate surface area is 179 Å². The number of rotatable bonds is 6. The lowest BCUT2D eigenvalue weighted by Gasteiger charge is -2.31. The van der Waals surface area contributed by atoms with Gasteiger partial charge in [0.1, 0.15) is 5.75 Å². The van der Waals surface area contributed by atoms with Crippen molar-refractivity contribution >= 4 is 42.6 Å². The van der Waals surface area contributed by atoms with Gasteiger partial charge < -0.3 is 10.1 Å². The van der Waals surface area contributed by atoms with E-state index in [0.717, 1.165) is 16.0 Å². The summed E-state index contributed by atoms with van der Waals surface area (Å²) in [5.74, 6) is 0.149. The minimum Gasteiger partial charge on any atom is -0.494 e. The Balaban J connectivity index is 1.46. The number of piperidine rings is 1. The van der Waals surface area contributed by atoms with E-state index in [1.54, 1.807) is 30.3 Å². The number of amides is 1. The lowest BCUT2D eigenvalue weighted by Crippen LogP contribution is -2.43. The number of fused-ring (bicyclic) bond motifs is 1. The van der Waals surface area contributed by atoms with Crippen LogP contribution < -0.4 is 10.1 Å². The number of nitrogens with zero attached hydrogens (tertiary/aromatic N) is 2. The fourth-order valence-corrected chi connectivity index (χ4v) is 5.98. The first kappa shape index (κ1) is 20.8. The lowest BCUT2D eigenvalue weighted by molar-refractivity contribution is -0.120. The minimum atomic E-state index is -3.61. The Morgan fingerprint density at radius 1 is 1.27 bits per heavy atom. The van der Waals surface area contributed by atoms with E-state index in [-0.39, 0.29) is 17.3 Å². The highest BCUT2D eigenvalue weighted by Gasteiger charge is 2.33. The van der Waals surface area contributed by atoms with Crippen LogP contribution in [0.15, 0.2) is 53.4 Å². The molecule has 0 aliphatic carbocycles. The van der Waals surface area contributed by atoms with Crippen molar-refractivity contribution in [3.8, 4) is 5.75 Å². The first-order valence-electron chi connectivity index (χ1n) is 9.87. The molecule has 0 radical (unpaired) electrons. The molecule has 0 spiro atoms. The van der Waals surface area contributed by atoms with Crippen LogP contribution in [-0.2, 0) is 14.8 Å². The molecular formula is C21H23N3O4S2. The molecule has 9 heteroatoms. The number of benzene rings is 2. The minimum absolute atomic E-state index is 0.169. The van der Waals surface area contributed by atoms with E-state index in [2.05, 4.69) is 10.3 Å². The van der Waals surface area contributed by atoms with E-state index in [9.17, 15) is 13.2 Å². The molecule has 1 unspecified atom stereocenters. The van der Waals surface area contributed by atoms with Gasteiger partial charge in [-0.05, 0) is 50.1 Å². The van der Waals surface area contributed by atoms with Gasteiger partial charge in [-0.25, -0.2) is 13.4 Å². The topological polar surface area (TPSA) is 88.6 Å². The average Bonchev–Trinajstić information content (AvgIpc) is 3.16. The van der Waals surface area contributed by atoms with Crippen LogP contribution >= 0.6 is 11.3 Å².